The third kappa shape index (κ3) is 4.21. The van der Waals surface area contributed by atoms with E-state index in [2.05, 4.69) is 37.7 Å². The summed E-state index contributed by atoms with van der Waals surface area (Å²) < 4.78 is 0. The van der Waals surface area contributed by atoms with Crippen LogP contribution in [0.5, 0.6) is 0 Å². The fraction of sp³-hybridized carbons (Fsp3) is 0.600. The fourth-order valence-electron chi connectivity index (χ4n) is 2.21. The standard InChI is InChI=1S/C15H26N2S/c1-4-6-8-12-10-14(17-16)11-13(9-7-5-2)15(12)18-3/h10-11,17H,4-9,16H2,1-3H3. The summed E-state index contributed by atoms with van der Waals surface area (Å²) in [5.74, 6) is 5.58. The molecule has 0 radical (unpaired) electrons. The highest BCUT2D eigenvalue weighted by Crippen LogP contribution is 2.31. The Hall–Kier alpha value is -0.670. The van der Waals surface area contributed by atoms with E-state index in [4.69, 9.17) is 5.84 Å². The van der Waals surface area contributed by atoms with Crippen LogP contribution >= 0.6 is 11.8 Å². The molecule has 1 rings (SSSR count). The lowest BCUT2D eigenvalue weighted by atomic mass is 10.0. The molecule has 0 fully saturated rings. The molecule has 3 N–H and O–H groups in total. The van der Waals surface area contributed by atoms with E-state index in [0.29, 0.717) is 0 Å². The van der Waals surface area contributed by atoms with Gasteiger partial charge in [-0.3, -0.25) is 5.84 Å². The molecule has 0 aliphatic heterocycles. The number of hydrogen-bond donors (Lipinski definition) is 2. The van der Waals surface area contributed by atoms with Crippen LogP contribution in [0.3, 0.4) is 0 Å². The van der Waals surface area contributed by atoms with E-state index in [1.165, 1.54) is 41.7 Å². The van der Waals surface area contributed by atoms with E-state index in [0.717, 1.165) is 18.5 Å². The van der Waals surface area contributed by atoms with Crippen molar-refractivity contribution in [2.45, 2.75) is 57.3 Å². The van der Waals surface area contributed by atoms with Gasteiger partial charge in [-0.05, 0) is 55.2 Å². The van der Waals surface area contributed by atoms with Gasteiger partial charge in [0.05, 0.1) is 0 Å². The highest BCUT2D eigenvalue weighted by Gasteiger charge is 2.09. The Balaban J connectivity index is 3.04. The Morgan fingerprint density at radius 3 is 1.89 bits per heavy atom. The highest BCUT2D eigenvalue weighted by atomic mass is 32.2. The molecular weight excluding hydrogens is 240 g/mol. The molecule has 0 amide bonds. The second kappa shape index (κ2) is 8.44. The third-order valence-corrected chi connectivity index (χ3v) is 4.15. The van der Waals surface area contributed by atoms with Crippen LogP contribution in [0.25, 0.3) is 0 Å². The number of unbranched alkanes of at least 4 members (excludes halogenated alkanes) is 2. The quantitative estimate of drug-likeness (QED) is 0.416. The van der Waals surface area contributed by atoms with Gasteiger partial charge < -0.3 is 5.43 Å². The molecular formula is C15H26N2S. The van der Waals surface area contributed by atoms with Gasteiger partial charge in [0.1, 0.15) is 0 Å². The Bertz CT molecular complexity index is 335. The van der Waals surface area contributed by atoms with Gasteiger partial charge in [-0.15, -0.1) is 11.8 Å². The van der Waals surface area contributed by atoms with Crippen LogP contribution in [-0.4, -0.2) is 6.26 Å². The molecule has 102 valence electrons. The van der Waals surface area contributed by atoms with Gasteiger partial charge >= 0.3 is 0 Å². The van der Waals surface area contributed by atoms with Crippen LogP contribution in [0, 0.1) is 0 Å². The first-order chi connectivity index (χ1) is 8.76. The SMILES string of the molecule is CCCCc1cc(NN)cc(CCCC)c1SC. The molecule has 1 aromatic rings. The molecule has 0 aliphatic rings. The van der Waals surface area contributed by atoms with Gasteiger partial charge in [-0.2, -0.15) is 0 Å². The molecule has 18 heavy (non-hydrogen) atoms. The number of anilines is 1. The maximum absolute atomic E-state index is 5.58. The molecule has 1 aromatic carbocycles. The van der Waals surface area contributed by atoms with Crippen molar-refractivity contribution in [3.8, 4) is 0 Å². The average molecular weight is 266 g/mol. The molecule has 0 saturated heterocycles. The zero-order valence-electron chi connectivity index (χ0n) is 11.9. The number of nitrogen functional groups attached to an aromatic ring is 1. The molecule has 0 aromatic heterocycles. The van der Waals surface area contributed by atoms with Crippen molar-refractivity contribution >= 4 is 17.4 Å². The van der Waals surface area contributed by atoms with Crippen molar-refractivity contribution in [3.05, 3.63) is 23.3 Å². The molecule has 3 heteroatoms. The van der Waals surface area contributed by atoms with Crippen molar-refractivity contribution in [2.75, 3.05) is 11.7 Å². The summed E-state index contributed by atoms with van der Waals surface area (Å²) in [6.45, 7) is 4.48. The van der Waals surface area contributed by atoms with Crippen LogP contribution in [0.2, 0.25) is 0 Å². The topological polar surface area (TPSA) is 38.0 Å². The summed E-state index contributed by atoms with van der Waals surface area (Å²) in [5.41, 5.74) is 6.75. The van der Waals surface area contributed by atoms with E-state index in [1.807, 2.05) is 11.8 Å². The number of benzene rings is 1. The number of nitrogens with one attached hydrogen (secondary N) is 1. The third-order valence-electron chi connectivity index (χ3n) is 3.21. The molecule has 0 bridgehead atoms. The monoisotopic (exact) mass is 266 g/mol. The molecule has 0 saturated carbocycles. The van der Waals surface area contributed by atoms with Crippen LogP contribution in [0.1, 0.15) is 50.7 Å². The molecule has 0 aliphatic carbocycles. The Morgan fingerprint density at radius 1 is 1.06 bits per heavy atom. The van der Waals surface area contributed by atoms with Crippen LogP contribution < -0.4 is 11.3 Å². The summed E-state index contributed by atoms with van der Waals surface area (Å²) >= 11 is 1.87. The lowest BCUT2D eigenvalue weighted by Crippen LogP contribution is -2.08. The normalized spacial score (nSPS) is 10.7. The van der Waals surface area contributed by atoms with Gasteiger partial charge in [0, 0.05) is 10.6 Å². The van der Waals surface area contributed by atoms with Crippen molar-refractivity contribution in [1.29, 1.82) is 0 Å². The summed E-state index contributed by atoms with van der Waals surface area (Å²) in [4.78, 5) is 1.47. The molecule has 0 unspecified atom stereocenters. The summed E-state index contributed by atoms with van der Waals surface area (Å²) in [7, 11) is 0. The number of aryl methyl sites for hydroxylation is 2. The largest absolute Gasteiger partial charge is 0.324 e. The van der Waals surface area contributed by atoms with Crippen LogP contribution in [0.4, 0.5) is 5.69 Å². The van der Waals surface area contributed by atoms with Gasteiger partial charge in [0.25, 0.3) is 0 Å². The van der Waals surface area contributed by atoms with Gasteiger partial charge in [0.15, 0.2) is 0 Å². The smallest absolute Gasteiger partial charge is 0.0491 e. The average Bonchev–Trinajstić information content (AvgIpc) is 2.41. The number of hydrogen-bond acceptors (Lipinski definition) is 3. The molecule has 0 heterocycles. The molecule has 0 spiro atoms. The maximum atomic E-state index is 5.58. The Kier molecular flexibility index (Phi) is 7.21. The first-order valence-electron chi connectivity index (χ1n) is 6.93. The van der Waals surface area contributed by atoms with Crippen molar-refractivity contribution in [2.24, 2.45) is 5.84 Å². The Labute approximate surface area is 116 Å². The molecule has 2 nitrogen and oxygen atoms in total. The second-order valence-electron chi connectivity index (χ2n) is 4.68. The minimum atomic E-state index is 1.05. The summed E-state index contributed by atoms with van der Waals surface area (Å²) in [6.07, 6.45) is 9.44. The second-order valence-corrected chi connectivity index (χ2v) is 5.50. The fourth-order valence-corrected chi connectivity index (χ4v) is 3.05. The number of nitrogens with two attached hydrogens (primary N) is 1. The van der Waals surface area contributed by atoms with E-state index in [1.54, 1.807) is 0 Å². The lowest BCUT2D eigenvalue weighted by Gasteiger charge is -2.15. The maximum Gasteiger partial charge on any atom is 0.0491 e. The van der Waals surface area contributed by atoms with Gasteiger partial charge in [0.2, 0.25) is 0 Å². The van der Waals surface area contributed by atoms with E-state index in [-0.39, 0.29) is 0 Å². The number of hydrazine groups is 1. The zero-order valence-corrected chi connectivity index (χ0v) is 12.7. The summed E-state index contributed by atoms with van der Waals surface area (Å²) in [5, 5.41) is 0. The zero-order chi connectivity index (χ0) is 13.4. The number of thioether (sulfide) groups is 1. The van der Waals surface area contributed by atoms with Crippen LogP contribution in [0.15, 0.2) is 17.0 Å². The van der Waals surface area contributed by atoms with Crippen molar-refractivity contribution < 1.29 is 0 Å². The highest BCUT2D eigenvalue weighted by molar-refractivity contribution is 7.98. The minimum absolute atomic E-state index is 1.05. The van der Waals surface area contributed by atoms with Gasteiger partial charge in [-0.1, -0.05) is 26.7 Å². The predicted molar refractivity (Wildman–Crippen MR) is 83.3 cm³/mol. The van der Waals surface area contributed by atoms with Crippen molar-refractivity contribution in [3.63, 3.8) is 0 Å². The number of rotatable bonds is 8. The minimum Gasteiger partial charge on any atom is -0.324 e. The van der Waals surface area contributed by atoms with Crippen molar-refractivity contribution in [1.82, 2.24) is 0 Å². The predicted octanol–water partition coefficient (Wildman–Crippen LogP) is 4.38. The molecule has 0 atom stereocenters. The van der Waals surface area contributed by atoms with E-state index >= 15 is 0 Å². The lowest BCUT2D eigenvalue weighted by molar-refractivity contribution is 0.762. The van der Waals surface area contributed by atoms with Crippen LogP contribution in [-0.2, 0) is 12.8 Å². The van der Waals surface area contributed by atoms with E-state index < -0.39 is 0 Å². The Morgan fingerprint density at radius 2 is 1.56 bits per heavy atom. The van der Waals surface area contributed by atoms with E-state index in [9.17, 15) is 0 Å². The first-order valence-corrected chi connectivity index (χ1v) is 8.15. The first kappa shape index (κ1) is 15.4. The summed E-state index contributed by atoms with van der Waals surface area (Å²) in [6, 6.07) is 4.41. The van der Waals surface area contributed by atoms with Gasteiger partial charge in [-0.25, -0.2) is 0 Å².